The summed E-state index contributed by atoms with van der Waals surface area (Å²) in [5.41, 5.74) is 2.01. The maximum atomic E-state index is 11.3. The predicted molar refractivity (Wildman–Crippen MR) is 64.4 cm³/mol. The number of rotatable bonds is 5. The molecule has 17 heavy (non-hydrogen) atoms. The van der Waals surface area contributed by atoms with E-state index < -0.39 is 6.16 Å². The lowest BCUT2D eigenvalue weighted by Crippen LogP contribution is -2.15. The first kappa shape index (κ1) is 13.5. The first-order valence-corrected chi connectivity index (χ1v) is 5.63. The van der Waals surface area contributed by atoms with Crippen molar-refractivity contribution < 1.29 is 19.0 Å². The van der Waals surface area contributed by atoms with Crippen molar-refractivity contribution in [2.24, 2.45) is 0 Å². The van der Waals surface area contributed by atoms with Gasteiger partial charge in [0, 0.05) is 6.61 Å². The van der Waals surface area contributed by atoms with Gasteiger partial charge in [-0.2, -0.15) is 0 Å². The quantitative estimate of drug-likeness (QED) is 0.449. The molecule has 1 aromatic carbocycles. The summed E-state index contributed by atoms with van der Waals surface area (Å²) in [6.45, 7) is 6.94. The summed E-state index contributed by atoms with van der Waals surface area (Å²) < 4.78 is 15.0. The summed E-state index contributed by atoms with van der Waals surface area (Å²) in [5.74, 6) is 0.534. The number of benzene rings is 1. The van der Waals surface area contributed by atoms with E-state index in [1.165, 1.54) is 0 Å². The molecule has 4 nitrogen and oxygen atoms in total. The van der Waals surface area contributed by atoms with E-state index in [0.717, 1.165) is 11.1 Å². The molecule has 1 rings (SSSR count). The zero-order valence-electron chi connectivity index (χ0n) is 10.5. The van der Waals surface area contributed by atoms with Gasteiger partial charge in [0.1, 0.15) is 12.4 Å². The van der Waals surface area contributed by atoms with Crippen LogP contribution in [0.25, 0.3) is 0 Å². The molecule has 0 atom stereocenters. The lowest BCUT2D eigenvalue weighted by Gasteiger charge is -2.09. The van der Waals surface area contributed by atoms with Gasteiger partial charge < -0.3 is 14.2 Å². The molecule has 0 aromatic heterocycles. The monoisotopic (exact) mass is 238 g/mol. The molecule has 94 valence electrons. The Morgan fingerprint density at radius 3 is 2.71 bits per heavy atom. The van der Waals surface area contributed by atoms with E-state index in [4.69, 9.17) is 14.2 Å². The van der Waals surface area contributed by atoms with Crippen LogP contribution in [-0.4, -0.2) is 26.0 Å². The van der Waals surface area contributed by atoms with E-state index >= 15 is 0 Å². The fraction of sp³-hybridized carbons (Fsp3) is 0.462. The summed E-state index contributed by atoms with van der Waals surface area (Å²) in [7, 11) is 0. The lowest BCUT2D eigenvalue weighted by molar-refractivity contribution is 0.0559. The van der Waals surface area contributed by atoms with Crippen LogP contribution in [0, 0.1) is 13.8 Å². The van der Waals surface area contributed by atoms with Crippen molar-refractivity contribution >= 4 is 6.16 Å². The maximum Gasteiger partial charge on any atom is 0.513 e. The maximum absolute atomic E-state index is 11.3. The summed E-state index contributed by atoms with van der Waals surface area (Å²) in [6, 6.07) is 5.54. The largest absolute Gasteiger partial charge is 0.513 e. The molecule has 0 bridgehead atoms. The fourth-order valence-electron chi connectivity index (χ4n) is 1.28. The average Bonchev–Trinajstić information content (AvgIpc) is 2.31. The summed E-state index contributed by atoms with van der Waals surface area (Å²) >= 11 is 0. The van der Waals surface area contributed by atoms with Gasteiger partial charge in [-0.25, -0.2) is 4.79 Å². The molecule has 1 aromatic rings. The molecule has 0 unspecified atom stereocenters. The predicted octanol–water partition coefficient (Wildman–Crippen LogP) is 2.86. The third kappa shape index (κ3) is 4.44. The third-order valence-corrected chi connectivity index (χ3v) is 2.40. The molecule has 0 aliphatic carbocycles. The number of hydrogen-bond donors (Lipinski definition) is 0. The molecule has 0 aliphatic heterocycles. The van der Waals surface area contributed by atoms with Crippen LogP contribution < -0.4 is 4.74 Å². The summed E-state index contributed by atoms with van der Waals surface area (Å²) in [4.78, 5) is 11.3. The Hall–Kier alpha value is -1.55. The third-order valence-electron chi connectivity index (χ3n) is 2.40. The second-order valence-electron chi connectivity index (χ2n) is 3.60. The number of carbonyl (C=O) groups excluding carboxylic acids is 1. The van der Waals surface area contributed by atoms with Crippen molar-refractivity contribution in [3.05, 3.63) is 29.3 Å². The van der Waals surface area contributed by atoms with Gasteiger partial charge in [-0.05, 0) is 38.0 Å². The van der Waals surface area contributed by atoms with Gasteiger partial charge in [-0.3, -0.25) is 0 Å². The normalized spacial score (nSPS) is 10.1. The Balaban J connectivity index is 2.43. The van der Waals surface area contributed by atoms with E-state index in [9.17, 15) is 4.79 Å². The van der Waals surface area contributed by atoms with Crippen molar-refractivity contribution in [2.75, 3.05) is 19.8 Å². The minimum Gasteiger partial charge on any atom is -0.432 e. The van der Waals surface area contributed by atoms with Gasteiger partial charge in [-0.15, -0.1) is 0 Å². The van der Waals surface area contributed by atoms with Gasteiger partial charge in [0.25, 0.3) is 0 Å². The molecule has 0 heterocycles. The molecule has 0 N–H and O–H groups in total. The van der Waals surface area contributed by atoms with Gasteiger partial charge >= 0.3 is 6.16 Å². The highest BCUT2D eigenvalue weighted by Crippen LogP contribution is 2.20. The van der Waals surface area contributed by atoms with E-state index in [-0.39, 0.29) is 6.61 Å². The molecule has 4 heteroatoms. The van der Waals surface area contributed by atoms with Gasteiger partial charge in [0.2, 0.25) is 0 Å². The smallest absolute Gasteiger partial charge is 0.432 e. The second kappa shape index (κ2) is 6.91. The lowest BCUT2D eigenvalue weighted by atomic mass is 10.1. The standard InChI is InChI=1S/C13H18O4/c1-4-15-8-9-16-13(14)17-12-7-5-6-10(2)11(12)3/h5-7H,4,8-9H2,1-3H3. The van der Waals surface area contributed by atoms with Gasteiger partial charge in [0.05, 0.1) is 6.61 Å². The molecule has 0 spiro atoms. The highest BCUT2D eigenvalue weighted by molar-refractivity contribution is 5.64. The van der Waals surface area contributed by atoms with E-state index in [2.05, 4.69) is 0 Å². The highest BCUT2D eigenvalue weighted by Gasteiger charge is 2.08. The Morgan fingerprint density at radius 2 is 2.00 bits per heavy atom. The summed E-state index contributed by atoms with van der Waals surface area (Å²) in [5, 5.41) is 0. The molecule has 0 saturated carbocycles. The Kier molecular flexibility index (Phi) is 5.49. The number of hydrogen-bond acceptors (Lipinski definition) is 4. The second-order valence-corrected chi connectivity index (χ2v) is 3.60. The van der Waals surface area contributed by atoms with Gasteiger partial charge in [0.15, 0.2) is 0 Å². The van der Waals surface area contributed by atoms with E-state index in [1.54, 1.807) is 6.07 Å². The van der Waals surface area contributed by atoms with Crippen molar-refractivity contribution in [2.45, 2.75) is 20.8 Å². The molecule has 0 radical (unpaired) electrons. The van der Waals surface area contributed by atoms with Crippen LogP contribution in [0.4, 0.5) is 4.79 Å². The van der Waals surface area contributed by atoms with Crippen LogP contribution >= 0.6 is 0 Å². The van der Waals surface area contributed by atoms with E-state index in [1.807, 2.05) is 32.9 Å². The summed E-state index contributed by atoms with van der Waals surface area (Å²) in [6.07, 6.45) is -0.696. The SMILES string of the molecule is CCOCCOC(=O)Oc1cccc(C)c1C. The Bertz CT molecular complexity index is 374. The average molecular weight is 238 g/mol. The van der Waals surface area contributed by atoms with Crippen LogP contribution in [0.5, 0.6) is 5.75 Å². The van der Waals surface area contributed by atoms with Crippen molar-refractivity contribution in [1.82, 2.24) is 0 Å². The van der Waals surface area contributed by atoms with Crippen LogP contribution in [0.2, 0.25) is 0 Å². The first-order chi connectivity index (χ1) is 8.15. The van der Waals surface area contributed by atoms with Crippen molar-refractivity contribution in [3.63, 3.8) is 0 Å². The zero-order valence-corrected chi connectivity index (χ0v) is 10.5. The fourth-order valence-corrected chi connectivity index (χ4v) is 1.28. The Labute approximate surface area is 101 Å². The Morgan fingerprint density at radius 1 is 1.24 bits per heavy atom. The molecule has 0 amide bonds. The number of ether oxygens (including phenoxy) is 3. The molecule has 0 fully saturated rings. The minimum atomic E-state index is -0.696. The topological polar surface area (TPSA) is 44.8 Å². The van der Waals surface area contributed by atoms with E-state index in [0.29, 0.717) is 19.0 Å². The minimum absolute atomic E-state index is 0.206. The van der Waals surface area contributed by atoms with Gasteiger partial charge in [-0.1, -0.05) is 12.1 Å². The van der Waals surface area contributed by atoms with Crippen LogP contribution in [0.3, 0.4) is 0 Å². The molecule has 0 aliphatic rings. The molecular formula is C13H18O4. The molecular weight excluding hydrogens is 220 g/mol. The van der Waals surface area contributed by atoms with Crippen molar-refractivity contribution in [3.8, 4) is 5.75 Å². The number of aryl methyl sites for hydroxylation is 1. The number of carbonyl (C=O) groups is 1. The van der Waals surface area contributed by atoms with Crippen LogP contribution in [0.15, 0.2) is 18.2 Å². The van der Waals surface area contributed by atoms with Crippen LogP contribution in [-0.2, 0) is 9.47 Å². The molecule has 0 saturated heterocycles. The highest BCUT2D eigenvalue weighted by atomic mass is 16.7. The van der Waals surface area contributed by atoms with Crippen molar-refractivity contribution in [1.29, 1.82) is 0 Å². The zero-order chi connectivity index (χ0) is 12.7. The first-order valence-electron chi connectivity index (χ1n) is 5.63. The van der Waals surface area contributed by atoms with Crippen LogP contribution in [0.1, 0.15) is 18.1 Å².